The number of hydrogen-bond donors (Lipinski definition) is 4. The summed E-state index contributed by atoms with van der Waals surface area (Å²) in [6.45, 7) is 8.99. The zero-order valence-electron chi connectivity index (χ0n) is 13.1. The lowest BCUT2D eigenvalue weighted by Gasteiger charge is -2.58. The monoisotopic (exact) mass is 306 g/mol. The first-order chi connectivity index (χ1) is 10.2. The number of ketones is 1. The van der Waals surface area contributed by atoms with Gasteiger partial charge in [0, 0.05) is 5.69 Å². The van der Waals surface area contributed by atoms with Crippen molar-refractivity contribution in [3.05, 3.63) is 32.1 Å². The van der Waals surface area contributed by atoms with Gasteiger partial charge in [-0.2, -0.15) is 0 Å². The van der Waals surface area contributed by atoms with Crippen LogP contribution in [0, 0.1) is 17.8 Å². The smallest absolute Gasteiger partial charge is 0.311 e. The van der Waals surface area contributed by atoms with Gasteiger partial charge >= 0.3 is 5.69 Å². The Balaban J connectivity index is 1.84. The molecule has 5 rings (SSSR count). The maximum atomic E-state index is 12.7. The van der Waals surface area contributed by atoms with Crippen LogP contribution in [0.15, 0.2) is 9.59 Å². The molecule has 22 heavy (non-hydrogen) atoms. The van der Waals surface area contributed by atoms with Crippen LogP contribution in [0.2, 0.25) is 0 Å². The number of quaternary nitrogens is 2. The first-order valence-corrected chi connectivity index (χ1v) is 7.81. The van der Waals surface area contributed by atoms with Gasteiger partial charge in [-0.05, 0) is 20.8 Å². The molecule has 5 heterocycles. The number of hydrogen-bond acceptors (Lipinski definition) is 3. The SMILES string of the molecule is Cc1[nH]c(=O)[nH]c(=O)c1C1[NH+]2CC3(C)C[NH+]1CC(C)(C2)C3=O. The molecular formula is C15H22N4O3+2. The van der Waals surface area contributed by atoms with Gasteiger partial charge in [0.2, 0.25) is 6.17 Å². The summed E-state index contributed by atoms with van der Waals surface area (Å²) in [7, 11) is 0. The van der Waals surface area contributed by atoms with Crippen molar-refractivity contribution in [1.29, 1.82) is 0 Å². The van der Waals surface area contributed by atoms with Crippen molar-refractivity contribution < 1.29 is 14.6 Å². The highest BCUT2D eigenvalue weighted by atomic mass is 16.2. The number of H-pyrrole nitrogens is 2. The summed E-state index contributed by atoms with van der Waals surface area (Å²) in [6, 6.07) is 0. The second-order valence-electron chi connectivity index (χ2n) is 7.85. The normalized spacial score (nSPS) is 42.9. The molecule has 4 N–H and O–H groups in total. The Morgan fingerprint density at radius 2 is 1.45 bits per heavy atom. The quantitative estimate of drug-likeness (QED) is 0.439. The van der Waals surface area contributed by atoms with Crippen LogP contribution in [0.1, 0.15) is 31.3 Å². The Morgan fingerprint density at radius 3 is 1.91 bits per heavy atom. The molecular weight excluding hydrogens is 284 g/mol. The fourth-order valence-corrected chi connectivity index (χ4v) is 5.37. The summed E-state index contributed by atoms with van der Waals surface area (Å²) in [4.78, 5) is 44.1. The van der Waals surface area contributed by atoms with E-state index < -0.39 is 5.69 Å². The van der Waals surface area contributed by atoms with Gasteiger partial charge in [0.1, 0.15) is 37.0 Å². The second kappa shape index (κ2) is 3.97. The average Bonchev–Trinajstić information content (AvgIpc) is 2.36. The van der Waals surface area contributed by atoms with Gasteiger partial charge in [-0.15, -0.1) is 0 Å². The molecule has 0 saturated carbocycles. The minimum Gasteiger partial charge on any atom is -0.311 e. The zero-order chi connectivity index (χ0) is 15.9. The summed E-state index contributed by atoms with van der Waals surface area (Å²) >= 11 is 0. The molecule has 118 valence electrons. The lowest BCUT2D eigenvalue weighted by atomic mass is 9.62. The number of Topliss-reactive ketones (excluding diaryl/α,β-unsaturated/α-hetero) is 1. The summed E-state index contributed by atoms with van der Waals surface area (Å²) in [5.41, 5.74) is 0.000276. The summed E-state index contributed by atoms with van der Waals surface area (Å²) in [6.07, 6.45) is 0.00912. The molecule has 0 amide bonds. The highest BCUT2D eigenvalue weighted by Crippen LogP contribution is 2.35. The summed E-state index contributed by atoms with van der Waals surface area (Å²) < 4.78 is 0. The minimum atomic E-state index is -0.459. The molecule has 0 unspecified atom stereocenters. The lowest BCUT2D eigenvalue weighted by Crippen LogP contribution is -3.41. The van der Waals surface area contributed by atoms with E-state index in [1.54, 1.807) is 6.92 Å². The molecule has 1 aromatic rings. The van der Waals surface area contributed by atoms with Crippen LogP contribution in [-0.2, 0) is 4.79 Å². The van der Waals surface area contributed by atoms with Crippen molar-refractivity contribution in [1.82, 2.24) is 9.97 Å². The van der Waals surface area contributed by atoms with Crippen molar-refractivity contribution >= 4 is 5.78 Å². The molecule has 0 atom stereocenters. The average molecular weight is 306 g/mol. The van der Waals surface area contributed by atoms with Crippen molar-refractivity contribution in [3.8, 4) is 0 Å². The van der Waals surface area contributed by atoms with Crippen LogP contribution < -0.4 is 21.0 Å². The number of piperidine rings is 2. The molecule has 0 radical (unpaired) electrons. The molecule has 0 aliphatic carbocycles. The number of aryl methyl sites for hydroxylation is 1. The van der Waals surface area contributed by atoms with Gasteiger partial charge in [-0.3, -0.25) is 24.4 Å². The Morgan fingerprint density at radius 1 is 0.955 bits per heavy atom. The third-order valence-electron chi connectivity index (χ3n) is 5.85. The Bertz CT molecular complexity index is 753. The van der Waals surface area contributed by atoms with E-state index in [9.17, 15) is 14.4 Å². The minimum absolute atomic E-state index is 0.00912. The Kier molecular flexibility index (Phi) is 2.51. The molecule has 4 aliphatic heterocycles. The van der Waals surface area contributed by atoms with E-state index in [2.05, 4.69) is 23.8 Å². The lowest BCUT2D eigenvalue weighted by molar-refractivity contribution is -1.18. The van der Waals surface area contributed by atoms with Gasteiger partial charge < -0.3 is 4.98 Å². The van der Waals surface area contributed by atoms with E-state index in [4.69, 9.17) is 0 Å². The fraction of sp³-hybridized carbons (Fsp3) is 0.667. The number of rotatable bonds is 1. The second-order valence-corrected chi connectivity index (χ2v) is 7.85. The zero-order valence-corrected chi connectivity index (χ0v) is 13.1. The topological polar surface area (TPSA) is 91.7 Å². The van der Waals surface area contributed by atoms with Crippen LogP contribution in [0.4, 0.5) is 0 Å². The van der Waals surface area contributed by atoms with Gasteiger partial charge in [0.15, 0.2) is 11.3 Å². The van der Waals surface area contributed by atoms with Crippen molar-refractivity contribution in [3.63, 3.8) is 0 Å². The largest absolute Gasteiger partial charge is 0.325 e. The van der Waals surface area contributed by atoms with Crippen LogP contribution in [0.3, 0.4) is 0 Å². The van der Waals surface area contributed by atoms with E-state index in [-0.39, 0.29) is 22.6 Å². The Hall–Kier alpha value is -1.73. The van der Waals surface area contributed by atoms with Gasteiger partial charge in [-0.1, -0.05) is 0 Å². The van der Waals surface area contributed by atoms with Crippen molar-refractivity contribution in [2.24, 2.45) is 10.8 Å². The molecule has 0 aromatic carbocycles. The van der Waals surface area contributed by atoms with E-state index in [1.165, 1.54) is 9.80 Å². The molecule has 4 aliphatic rings. The first kappa shape index (κ1) is 13.9. The molecule has 4 bridgehead atoms. The molecule has 7 nitrogen and oxygen atoms in total. The van der Waals surface area contributed by atoms with Crippen LogP contribution in [-0.4, -0.2) is 41.9 Å². The third kappa shape index (κ3) is 1.60. The van der Waals surface area contributed by atoms with E-state index >= 15 is 0 Å². The molecule has 4 fully saturated rings. The maximum Gasteiger partial charge on any atom is 0.325 e. The third-order valence-corrected chi connectivity index (χ3v) is 5.85. The van der Waals surface area contributed by atoms with Gasteiger partial charge in [0.25, 0.3) is 5.56 Å². The highest BCUT2D eigenvalue weighted by molar-refractivity contribution is 5.91. The highest BCUT2D eigenvalue weighted by Gasteiger charge is 2.68. The van der Waals surface area contributed by atoms with Gasteiger partial charge in [0.05, 0.1) is 0 Å². The van der Waals surface area contributed by atoms with Crippen molar-refractivity contribution in [2.75, 3.05) is 26.2 Å². The first-order valence-electron chi connectivity index (χ1n) is 7.81. The number of aromatic amines is 2. The van der Waals surface area contributed by atoms with E-state index in [1.807, 2.05) is 0 Å². The van der Waals surface area contributed by atoms with Crippen LogP contribution >= 0.6 is 0 Å². The summed E-state index contributed by atoms with van der Waals surface area (Å²) in [5.74, 6) is 0.387. The predicted molar refractivity (Wildman–Crippen MR) is 77.8 cm³/mol. The Labute approximate surface area is 127 Å². The van der Waals surface area contributed by atoms with Crippen LogP contribution in [0.5, 0.6) is 0 Å². The number of carbonyl (C=O) groups is 1. The van der Waals surface area contributed by atoms with Crippen molar-refractivity contribution in [2.45, 2.75) is 26.9 Å². The molecule has 1 aromatic heterocycles. The van der Waals surface area contributed by atoms with E-state index in [0.717, 1.165) is 26.2 Å². The predicted octanol–water partition coefficient (Wildman–Crippen LogP) is -3.24. The fourth-order valence-electron chi connectivity index (χ4n) is 5.37. The molecule has 4 saturated heterocycles. The van der Waals surface area contributed by atoms with E-state index in [0.29, 0.717) is 17.0 Å². The van der Waals surface area contributed by atoms with Gasteiger partial charge in [-0.25, -0.2) is 4.79 Å². The van der Waals surface area contributed by atoms with Crippen LogP contribution in [0.25, 0.3) is 0 Å². The standard InChI is InChI=1S/C15H20N4O3/c1-8-9(10(20)17-13(22)16-8)11-18-4-14(2)5-19(11)7-15(3,6-18)12(14)21/h11H,4-7H2,1-3H3,(H2,16,17,20,22)/p+2. The molecule has 0 spiro atoms. The summed E-state index contributed by atoms with van der Waals surface area (Å²) in [5, 5.41) is 0. The number of nitrogens with one attached hydrogen (secondary N) is 4. The number of aromatic nitrogens is 2. The molecule has 7 heteroatoms. The number of carbonyl (C=O) groups excluding carboxylic acids is 1. The maximum absolute atomic E-state index is 12.7.